The lowest BCUT2D eigenvalue weighted by molar-refractivity contribution is 0.0932. The van der Waals surface area contributed by atoms with Crippen LogP contribution in [-0.4, -0.2) is 35.0 Å². The van der Waals surface area contributed by atoms with Gasteiger partial charge < -0.3 is 10.2 Å². The molecule has 0 aromatic carbocycles. The van der Waals surface area contributed by atoms with Gasteiger partial charge in [-0.1, -0.05) is 12.8 Å². The first kappa shape index (κ1) is 13.3. The molecule has 1 aromatic heterocycles. The van der Waals surface area contributed by atoms with Crippen LogP contribution in [-0.2, 0) is 0 Å². The molecule has 1 saturated carbocycles. The fraction of sp³-hybridized carbons (Fsp3) is 0.667. The number of nitrogens with one attached hydrogen (secondary N) is 1. The lowest BCUT2D eigenvalue weighted by Crippen LogP contribution is -2.33. The van der Waals surface area contributed by atoms with Crippen molar-refractivity contribution in [2.45, 2.75) is 51.5 Å². The van der Waals surface area contributed by atoms with Crippen LogP contribution >= 0.6 is 0 Å². The van der Waals surface area contributed by atoms with E-state index in [1.54, 1.807) is 0 Å². The van der Waals surface area contributed by atoms with Crippen molar-refractivity contribution >= 4 is 11.7 Å². The van der Waals surface area contributed by atoms with Crippen LogP contribution in [0.2, 0.25) is 0 Å². The Balaban J connectivity index is 1.75. The zero-order chi connectivity index (χ0) is 13.9. The molecular formula is C15H22N4O. The number of aryl methyl sites for hydroxylation is 1. The van der Waals surface area contributed by atoms with Crippen molar-refractivity contribution in [3.05, 3.63) is 17.6 Å². The second-order valence-electron chi connectivity index (χ2n) is 5.81. The maximum absolute atomic E-state index is 12.3. The van der Waals surface area contributed by atoms with Crippen molar-refractivity contribution in [2.24, 2.45) is 0 Å². The number of hydrogen-bond acceptors (Lipinski definition) is 4. The predicted molar refractivity (Wildman–Crippen MR) is 77.9 cm³/mol. The van der Waals surface area contributed by atoms with Crippen LogP contribution in [0.15, 0.2) is 6.07 Å². The maximum Gasteiger partial charge on any atom is 0.270 e. The molecule has 20 heavy (non-hydrogen) atoms. The molecule has 3 rings (SSSR count). The normalized spacial score (nSPS) is 19.6. The Morgan fingerprint density at radius 3 is 2.60 bits per heavy atom. The van der Waals surface area contributed by atoms with Crippen molar-refractivity contribution in [3.8, 4) is 0 Å². The molecule has 2 heterocycles. The van der Waals surface area contributed by atoms with Crippen LogP contribution in [0.25, 0.3) is 0 Å². The number of aromatic nitrogens is 2. The van der Waals surface area contributed by atoms with E-state index in [0.717, 1.165) is 31.7 Å². The highest BCUT2D eigenvalue weighted by atomic mass is 16.1. The van der Waals surface area contributed by atoms with Gasteiger partial charge in [-0.25, -0.2) is 9.97 Å². The number of nitrogens with zero attached hydrogens (tertiary/aromatic N) is 3. The average Bonchev–Trinajstić information content (AvgIpc) is 3.11. The standard InChI is InChI=1S/C15H22N4O/c1-11-16-13(15(20)18-12-6-2-3-7-12)10-14(17-11)19-8-4-5-9-19/h10,12H,2-9H2,1H3,(H,18,20). The van der Waals surface area contributed by atoms with E-state index in [4.69, 9.17) is 0 Å². The largest absolute Gasteiger partial charge is 0.356 e. The van der Waals surface area contributed by atoms with E-state index >= 15 is 0 Å². The molecule has 0 atom stereocenters. The molecule has 1 amide bonds. The van der Waals surface area contributed by atoms with Crippen LogP contribution in [0.3, 0.4) is 0 Å². The third kappa shape index (κ3) is 2.92. The summed E-state index contributed by atoms with van der Waals surface area (Å²) in [5.74, 6) is 1.51. The molecule has 1 saturated heterocycles. The molecule has 108 valence electrons. The highest BCUT2D eigenvalue weighted by molar-refractivity contribution is 5.93. The fourth-order valence-electron chi connectivity index (χ4n) is 3.11. The van der Waals surface area contributed by atoms with Gasteiger partial charge in [0.05, 0.1) is 0 Å². The summed E-state index contributed by atoms with van der Waals surface area (Å²) in [6.07, 6.45) is 7.02. The van der Waals surface area contributed by atoms with Crippen molar-refractivity contribution in [2.75, 3.05) is 18.0 Å². The van der Waals surface area contributed by atoms with Gasteiger partial charge in [-0.3, -0.25) is 4.79 Å². The molecule has 1 aliphatic carbocycles. The summed E-state index contributed by atoms with van der Waals surface area (Å²) in [5.41, 5.74) is 0.506. The van der Waals surface area contributed by atoms with Crippen LogP contribution in [0.4, 0.5) is 5.82 Å². The lowest BCUT2D eigenvalue weighted by atomic mass is 10.2. The van der Waals surface area contributed by atoms with Gasteiger partial charge in [0.25, 0.3) is 5.91 Å². The zero-order valence-electron chi connectivity index (χ0n) is 12.1. The number of carbonyl (C=O) groups excluding carboxylic acids is 1. The van der Waals surface area contributed by atoms with E-state index in [2.05, 4.69) is 20.2 Å². The summed E-state index contributed by atoms with van der Waals surface area (Å²) in [4.78, 5) is 23.3. The van der Waals surface area contributed by atoms with Crippen LogP contribution in [0.5, 0.6) is 0 Å². The van der Waals surface area contributed by atoms with Crippen molar-refractivity contribution in [1.82, 2.24) is 15.3 Å². The van der Waals surface area contributed by atoms with E-state index in [1.807, 2.05) is 13.0 Å². The second kappa shape index (κ2) is 5.77. The van der Waals surface area contributed by atoms with Gasteiger partial charge in [0.1, 0.15) is 17.3 Å². The molecule has 2 fully saturated rings. The fourth-order valence-corrected chi connectivity index (χ4v) is 3.11. The third-order valence-electron chi connectivity index (χ3n) is 4.18. The second-order valence-corrected chi connectivity index (χ2v) is 5.81. The predicted octanol–water partition coefficient (Wildman–Crippen LogP) is 2.06. The molecule has 1 aliphatic heterocycles. The third-order valence-corrected chi connectivity index (χ3v) is 4.18. The summed E-state index contributed by atoms with van der Waals surface area (Å²) < 4.78 is 0. The Bertz CT molecular complexity index is 491. The van der Waals surface area contributed by atoms with Gasteiger partial charge in [0, 0.05) is 25.2 Å². The maximum atomic E-state index is 12.3. The van der Waals surface area contributed by atoms with Gasteiger partial charge >= 0.3 is 0 Å². The quantitative estimate of drug-likeness (QED) is 0.916. The molecule has 0 bridgehead atoms. The van der Waals surface area contributed by atoms with E-state index in [0.29, 0.717) is 17.6 Å². The van der Waals surface area contributed by atoms with Crippen molar-refractivity contribution < 1.29 is 4.79 Å². The number of carbonyl (C=O) groups is 1. The molecule has 5 heteroatoms. The van der Waals surface area contributed by atoms with Crippen LogP contribution < -0.4 is 10.2 Å². The molecular weight excluding hydrogens is 252 g/mol. The molecule has 5 nitrogen and oxygen atoms in total. The van der Waals surface area contributed by atoms with E-state index in [9.17, 15) is 4.79 Å². The summed E-state index contributed by atoms with van der Waals surface area (Å²) in [6.45, 7) is 3.91. The summed E-state index contributed by atoms with van der Waals surface area (Å²) in [5, 5.41) is 3.09. The van der Waals surface area contributed by atoms with Gasteiger partial charge in [-0.05, 0) is 32.6 Å². The SMILES string of the molecule is Cc1nc(C(=O)NC2CCCC2)cc(N2CCCC2)n1. The summed E-state index contributed by atoms with van der Waals surface area (Å²) >= 11 is 0. The average molecular weight is 274 g/mol. The Labute approximate surface area is 119 Å². The monoisotopic (exact) mass is 274 g/mol. The van der Waals surface area contributed by atoms with Gasteiger partial charge in [-0.2, -0.15) is 0 Å². The minimum Gasteiger partial charge on any atom is -0.356 e. The van der Waals surface area contributed by atoms with Gasteiger partial charge in [0.2, 0.25) is 0 Å². The van der Waals surface area contributed by atoms with E-state index < -0.39 is 0 Å². The van der Waals surface area contributed by atoms with E-state index in [-0.39, 0.29) is 5.91 Å². The number of rotatable bonds is 3. The van der Waals surface area contributed by atoms with Gasteiger partial charge in [0.15, 0.2) is 0 Å². The lowest BCUT2D eigenvalue weighted by Gasteiger charge is -2.18. The smallest absolute Gasteiger partial charge is 0.270 e. The number of hydrogen-bond donors (Lipinski definition) is 1. The van der Waals surface area contributed by atoms with Crippen molar-refractivity contribution in [1.29, 1.82) is 0 Å². The molecule has 2 aliphatic rings. The van der Waals surface area contributed by atoms with Crippen molar-refractivity contribution in [3.63, 3.8) is 0 Å². The minimum absolute atomic E-state index is 0.0529. The van der Waals surface area contributed by atoms with Crippen LogP contribution in [0.1, 0.15) is 54.8 Å². The first-order valence-corrected chi connectivity index (χ1v) is 7.64. The molecule has 0 radical (unpaired) electrons. The molecule has 1 aromatic rings. The molecule has 1 N–H and O–H groups in total. The number of anilines is 1. The highest BCUT2D eigenvalue weighted by Crippen LogP contribution is 2.20. The molecule has 0 spiro atoms. The minimum atomic E-state index is -0.0529. The van der Waals surface area contributed by atoms with E-state index in [1.165, 1.54) is 25.7 Å². The summed E-state index contributed by atoms with van der Waals surface area (Å²) in [6, 6.07) is 2.16. The summed E-state index contributed by atoms with van der Waals surface area (Å²) in [7, 11) is 0. The Morgan fingerprint density at radius 1 is 1.20 bits per heavy atom. The Kier molecular flexibility index (Phi) is 3.85. The Morgan fingerprint density at radius 2 is 1.90 bits per heavy atom. The highest BCUT2D eigenvalue weighted by Gasteiger charge is 2.21. The topological polar surface area (TPSA) is 58.1 Å². The molecule has 0 unspecified atom stereocenters. The van der Waals surface area contributed by atoms with Gasteiger partial charge in [-0.15, -0.1) is 0 Å². The number of amides is 1. The first-order chi connectivity index (χ1) is 9.72. The first-order valence-electron chi connectivity index (χ1n) is 7.64. The van der Waals surface area contributed by atoms with Crippen LogP contribution in [0, 0.1) is 6.92 Å². The Hall–Kier alpha value is -1.65. The zero-order valence-corrected chi connectivity index (χ0v) is 12.1.